The van der Waals surface area contributed by atoms with Crippen LogP contribution in [0.2, 0.25) is 0 Å². The van der Waals surface area contributed by atoms with Crippen molar-refractivity contribution in [3.05, 3.63) is 42.0 Å². The number of carboxylic acids is 2. The van der Waals surface area contributed by atoms with Gasteiger partial charge >= 0.3 is 0 Å². The van der Waals surface area contributed by atoms with Gasteiger partial charge in [-0.25, -0.2) is 0 Å². The van der Waals surface area contributed by atoms with Crippen molar-refractivity contribution < 1.29 is 24.6 Å². The van der Waals surface area contributed by atoms with Crippen LogP contribution in [-0.4, -0.2) is 73.5 Å². The van der Waals surface area contributed by atoms with Crippen LogP contribution in [0.1, 0.15) is 70.8 Å². The Balaban J connectivity index is 0.000000521. The average molecular weight is 514 g/mol. The van der Waals surface area contributed by atoms with E-state index in [1.165, 1.54) is 31.2 Å². The molecule has 2 aliphatic rings. The van der Waals surface area contributed by atoms with Crippen molar-refractivity contribution in [1.82, 2.24) is 9.80 Å². The minimum absolute atomic E-state index is 0.237. The monoisotopic (exact) mass is 513 g/mol. The van der Waals surface area contributed by atoms with Gasteiger partial charge in [-0.3, -0.25) is 9.69 Å². The van der Waals surface area contributed by atoms with Crippen LogP contribution < -0.4 is 15.1 Å². The molecule has 8 nitrogen and oxygen atoms in total. The fourth-order valence-corrected chi connectivity index (χ4v) is 5.14. The Labute approximate surface area is 221 Å². The number of carbonyl (C=O) groups is 3. The van der Waals surface area contributed by atoms with Crippen molar-refractivity contribution in [2.45, 2.75) is 71.3 Å². The number of aliphatic carboxylic acids is 2. The summed E-state index contributed by atoms with van der Waals surface area (Å²) in [5, 5.41) is 18.8. The first-order valence-electron chi connectivity index (χ1n) is 13.5. The summed E-state index contributed by atoms with van der Waals surface area (Å²) in [5.41, 5.74) is 2.52. The van der Waals surface area contributed by atoms with E-state index in [-0.39, 0.29) is 5.91 Å². The molecule has 8 heteroatoms. The maximum Gasteiger partial charge on any atom is 0.226 e. The van der Waals surface area contributed by atoms with Crippen LogP contribution >= 0.6 is 0 Å². The van der Waals surface area contributed by atoms with E-state index in [1.807, 2.05) is 6.92 Å². The molecule has 1 saturated carbocycles. The number of benzene rings is 1. The molecule has 1 aliphatic carbocycles. The fourth-order valence-electron chi connectivity index (χ4n) is 5.14. The highest BCUT2D eigenvalue weighted by molar-refractivity contribution is 5.93. The largest absolute Gasteiger partial charge is 0.545 e. The fraction of sp³-hybridized carbons (Fsp3) is 0.621. The molecule has 1 heterocycles. The summed E-state index contributed by atoms with van der Waals surface area (Å²) in [7, 11) is 2.20. The number of piperazine rings is 1. The Kier molecular flexibility index (Phi) is 12.8. The summed E-state index contributed by atoms with van der Waals surface area (Å²) in [4.78, 5) is 38.8. The molecule has 0 aromatic heterocycles. The van der Waals surface area contributed by atoms with Gasteiger partial charge in [0.15, 0.2) is 0 Å². The molecule has 0 bridgehead atoms. The van der Waals surface area contributed by atoms with E-state index < -0.39 is 11.9 Å². The Morgan fingerprint density at radius 3 is 1.97 bits per heavy atom. The van der Waals surface area contributed by atoms with Crippen molar-refractivity contribution in [3.63, 3.8) is 0 Å². The lowest BCUT2D eigenvalue weighted by Crippen LogP contribution is -2.53. The Hall–Kier alpha value is -2.71. The zero-order valence-corrected chi connectivity index (χ0v) is 22.9. The van der Waals surface area contributed by atoms with Crippen LogP contribution in [0.3, 0.4) is 0 Å². The van der Waals surface area contributed by atoms with Crippen LogP contribution in [0.5, 0.6) is 0 Å². The maximum atomic E-state index is 12.9. The van der Waals surface area contributed by atoms with E-state index in [2.05, 4.69) is 59.9 Å². The molecule has 1 aromatic rings. The van der Waals surface area contributed by atoms with Gasteiger partial charge in [0.1, 0.15) is 0 Å². The second kappa shape index (κ2) is 15.5. The van der Waals surface area contributed by atoms with Gasteiger partial charge in [-0.05, 0) is 68.0 Å². The molecule has 1 aliphatic heterocycles. The van der Waals surface area contributed by atoms with Crippen molar-refractivity contribution in [2.75, 3.05) is 44.7 Å². The maximum absolute atomic E-state index is 12.9. The van der Waals surface area contributed by atoms with Crippen molar-refractivity contribution in [1.29, 1.82) is 0 Å². The van der Waals surface area contributed by atoms with Crippen LogP contribution in [0.15, 0.2) is 36.4 Å². The number of carbonyl (C=O) groups excluding carboxylic acids is 3. The average Bonchev–Trinajstić information content (AvgIpc) is 3.41. The third-order valence-corrected chi connectivity index (χ3v) is 7.18. The zero-order chi connectivity index (χ0) is 27.4. The first kappa shape index (κ1) is 30.5. The summed E-state index contributed by atoms with van der Waals surface area (Å²) in [6.45, 7) is 11.8. The zero-order valence-electron chi connectivity index (χ0n) is 22.9. The third kappa shape index (κ3) is 10.7. The van der Waals surface area contributed by atoms with E-state index in [0.717, 1.165) is 50.7 Å². The molecule has 37 heavy (non-hydrogen) atoms. The Morgan fingerprint density at radius 1 is 0.973 bits per heavy atom. The molecule has 0 spiro atoms. The predicted octanol–water partition coefficient (Wildman–Crippen LogP) is 1.79. The van der Waals surface area contributed by atoms with Crippen LogP contribution in [-0.2, 0) is 14.4 Å². The number of hydrogen-bond donors (Lipinski definition) is 0. The van der Waals surface area contributed by atoms with Gasteiger partial charge in [0, 0.05) is 50.9 Å². The number of nitrogens with zero attached hydrogens (tertiary/aromatic N) is 3. The van der Waals surface area contributed by atoms with E-state index >= 15 is 0 Å². The molecule has 3 rings (SSSR count). The molecular weight excluding hydrogens is 470 g/mol. The first-order chi connectivity index (χ1) is 17.6. The molecule has 1 amide bonds. The van der Waals surface area contributed by atoms with E-state index in [0.29, 0.717) is 30.5 Å². The molecular formula is C29H43N3O5-2. The van der Waals surface area contributed by atoms with Crippen molar-refractivity contribution in [3.8, 4) is 0 Å². The Morgan fingerprint density at radius 2 is 1.51 bits per heavy atom. The number of carboxylic acid groups (broad SMARTS) is 2. The van der Waals surface area contributed by atoms with E-state index in [4.69, 9.17) is 0 Å². The quantitative estimate of drug-likeness (QED) is 0.439. The summed E-state index contributed by atoms with van der Waals surface area (Å²) in [6, 6.07) is 9.35. The van der Waals surface area contributed by atoms with Crippen LogP contribution in [0.4, 0.5) is 5.69 Å². The van der Waals surface area contributed by atoms with Gasteiger partial charge in [0.25, 0.3) is 0 Å². The summed E-state index contributed by atoms with van der Waals surface area (Å²) in [5.74, 6) is -1.51. The van der Waals surface area contributed by atoms with Crippen LogP contribution in [0.25, 0.3) is 0 Å². The second-order valence-electron chi connectivity index (χ2n) is 10.5. The molecule has 206 valence electrons. The normalized spacial score (nSPS) is 18.0. The first-order valence-corrected chi connectivity index (χ1v) is 13.5. The van der Waals surface area contributed by atoms with Gasteiger partial charge in [0.2, 0.25) is 5.91 Å². The molecule has 1 unspecified atom stereocenters. The Bertz CT molecular complexity index is 869. The highest BCUT2D eigenvalue weighted by Gasteiger charge is 2.27. The van der Waals surface area contributed by atoms with Crippen molar-refractivity contribution in [2.24, 2.45) is 5.92 Å². The van der Waals surface area contributed by atoms with Gasteiger partial charge in [-0.2, -0.15) is 0 Å². The SMILES string of the molecule is CCC(=O)N(CC(CC(C)C)N1CCN(C)CC1)c1ccc(C2CCCC2)cc1.O=C([O-])/C=C\C(=O)[O-]. The summed E-state index contributed by atoms with van der Waals surface area (Å²) >= 11 is 0. The minimum atomic E-state index is -1.55. The molecule has 1 saturated heterocycles. The highest BCUT2D eigenvalue weighted by Crippen LogP contribution is 2.35. The smallest absolute Gasteiger partial charge is 0.226 e. The molecule has 1 aromatic carbocycles. The van der Waals surface area contributed by atoms with Crippen LogP contribution in [0, 0.1) is 5.92 Å². The number of anilines is 1. The lowest BCUT2D eigenvalue weighted by molar-refractivity contribution is -0.301. The van der Waals surface area contributed by atoms with E-state index in [1.54, 1.807) is 0 Å². The minimum Gasteiger partial charge on any atom is -0.545 e. The number of hydrogen-bond acceptors (Lipinski definition) is 7. The van der Waals surface area contributed by atoms with Gasteiger partial charge < -0.3 is 29.6 Å². The molecule has 0 radical (unpaired) electrons. The van der Waals surface area contributed by atoms with Crippen molar-refractivity contribution >= 4 is 23.5 Å². The number of likely N-dealkylation sites (N-methyl/N-ethyl adjacent to an activating group) is 1. The predicted molar refractivity (Wildman–Crippen MR) is 142 cm³/mol. The standard InChI is InChI=1S/C25H41N3O.C4H4O4/c1-5-25(29)28(23-12-10-22(11-13-23)21-8-6-7-9-21)19-24(18-20(2)3)27-16-14-26(4)15-17-27;5-3(6)1-2-4(7)8/h10-13,20-21,24H,5-9,14-19H2,1-4H3;1-2H,(H,5,6)(H,7,8)/p-2/b;2-1-. The molecule has 2 fully saturated rings. The van der Waals surface area contributed by atoms with E-state index in [9.17, 15) is 24.6 Å². The second-order valence-corrected chi connectivity index (χ2v) is 10.5. The lowest BCUT2D eigenvalue weighted by atomic mass is 9.97. The summed E-state index contributed by atoms with van der Waals surface area (Å²) < 4.78 is 0. The topological polar surface area (TPSA) is 107 Å². The van der Waals surface area contributed by atoms with Gasteiger partial charge in [0.05, 0.1) is 11.9 Å². The third-order valence-electron chi connectivity index (χ3n) is 7.18. The van der Waals surface area contributed by atoms with Gasteiger partial charge in [-0.1, -0.05) is 45.7 Å². The molecule has 1 atom stereocenters. The number of rotatable bonds is 10. The lowest BCUT2D eigenvalue weighted by Gasteiger charge is -2.40. The highest BCUT2D eigenvalue weighted by atomic mass is 16.4. The summed E-state index contributed by atoms with van der Waals surface area (Å²) in [6.07, 6.45) is 7.81. The molecule has 0 N–H and O–H groups in total. The number of amides is 1. The van der Waals surface area contributed by atoms with Gasteiger partial charge in [-0.15, -0.1) is 0 Å².